The van der Waals surface area contributed by atoms with Crippen LogP contribution in [0.5, 0.6) is 0 Å². The van der Waals surface area contributed by atoms with E-state index < -0.39 is 11.9 Å². The van der Waals surface area contributed by atoms with Gasteiger partial charge in [0.2, 0.25) is 0 Å². The van der Waals surface area contributed by atoms with Gasteiger partial charge in [0.15, 0.2) is 0 Å². The number of rotatable bonds is 45. The van der Waals surface area contributed by atoms with Gasteiger partial charge in [-0.15, -0.1) is 0 Å². The molecular weight excluding hydrogens is 641 g/mol. The first kappa shape index (κ1) is 50.9. The summed E-state index contributed by atoms with van der Waals surface area (Å²) in [5, 5.41) is 18.9. The lowest BCUT2D eigenvalue weighted by atomic mass is 9.80. The van der Waals surface area contributed by atoms with E-state index in [9.17, 15) is 14.7 Å². The van der Waals surface area contributed by atoms with Crippen LogP contribution in [-0.2, 0) is 9.59 Å². The molecular formula is C48H94O4. The van der Waals surface area contributed by atoms with Crippen LogP contribution in [0.2, 0.25) is 0 Å². The summed E-state index contributed by atoms with van der Waals surface area (Å²) in [4.78, 5) is 23.0. The van der Waals surface area contributed by atoms with Crippen molar-refractivity contribution in [2.45, 2.75) is 284 Å². The van der Waals surface area contributed by atoms with Crippen LogP contribution in [0.15, 0.2) is 0 Å². The summed E-state index contributed by atoms with van der Waals surface area (Å²) in [5.74, 6) is -0.967. The minimum absolute atomic E-state index is 0.137. The quantitative estimate of drug-likeness (QED) is 0.0611. The zero-order valence-electron chi connectivity index (χ0n) is 35.6. The predicted octanol–water partition coefficient (Wildman–Crippen LogP) is 16.8. The van der Waals surface area contributed by atoms with E-state index in [1.165, 1.54) is 225 Å². The lowest BCUT2D eigenvalue weighted by molar-refractivity contribution is -0.144. The molecule has 52 heavy (non-hydrogen) atoms. The van der Waals surface area contributed by atoms with E-state index in [0.717, 1.165) is 38.5 Å². The Hall–Kier alpha value is -1.06. The lowest BCUT2D eigenvalue weighted by Gasteiger charge is -2.24. The Morgan fingerprint density at radius 3 is 0.827 bits per heavy atom. The van der Waals surface area contributed by atoms with E-state index in [4.69, 9.17) is 5.11 Å². The van der Waals surface area contributed by atoms with Gasteiger partial charge in [0.25, 0.3) is 0 Å². The Kier molecular flexibility index (Phi) is 41.8. The van der Waals surface area contributed by atoms with Gasteiger partial charge in [-0.1, -0.05) is 251 Å². The van der Waals surface area contributed by atoms with Gasteiger partial charge < -0.3 is 10.2 Å². The molecule has 0 aromatic heterocycles. The van der Waals surface area contributed by atoms with Crippen LogP contribution in [0, 0.1) is 11.8 Å². The zero-order valence-corrected chi connectivity index (χ0v) is 35.6. The molecule has 0 radical (unpaired) electrons. The second-order valence-corrected chi connectivity index (χ2v) is 16.9. The highest BCUT2D eigenvalue weighted by molar-refractivity contribution is 5.70. The van der Waals surface area contributed by atoms with Crippen molar-refractivity contribution in [1.29, 1.82) is 0 Å². The third kappa shape index (κ3) is 38.7. The molecule has 0 aliphatic heterocycles. The fourth-order valence-electron chi connectivity index (χ4n) is 8.36. The van der Waals surface area contributed by atoms with Crippen molar-refractivity contribution in [3.05, 3.63) is 0 Å². The SMILES string of the molecule is CCCCCCCCCCCCCCCCCCCCCCC(C(=O)O)C(CCCCCC)CCCCCCCCCCCCCCCCC(=O)O. The number of carboxylic acids is 2. The molecule has 0 aromatic carbocycles. The standard InChI is InChI=1S/C48H94O4/c1-3-5-7-9-10-11-12-13-14-15-16-17-18-19-23-26-29-32-35-39-43-46(48(51)52)45(41-37-8-6-4-2)42-38-34-31-28-25-22-20-21-24-27-30-33-36-40-44-47(49)50/h45-46H,3-44H2,1-2H3,(H,49,50)(H,51,52). The summed E-state index contributed by atoms with van der Waals surface area (Å²) in [6, 6.07) is 0. The third-order valence-corrected chi connectivity index (χ3v) is 11.9. The van der Waals surface area contributed by atoms with Crippen molar-refractivity contribution < 1.29 is 19.8 Å². The van der Waals surface area contributed by atoms with Crippen molar-refractivity contribution in [1.82, 2.24) is 0 Å². The molecule has 310 valence electrons. The molecule has 0 heterocycles. The molecule has 2 N–H and O–H groups in total. The van der Waals surface area contributed by atoms with Crippen molar-refractivity contribution in [2.75, 3.05) is 0 Å². The number of unbranched alkanes of at least 4 members (excludes halogenated alkanes) is 35. The van der Waals surface area contributed by atoms with Gasteiger partial charge in [-0.3, -0.25) is 9.59 Å². The smallest absolute Gasteiger partial charge is 0.306 e. The van der Waals surface area contributed by atoms with Gasteiger partial charge in [-0.25, -0.2) is 0 Å². The molecule has 0 fully saturated rings. The fourth-order valence-corrected chi connectivity index (χ4v) is 8.36. The predicted molar refractivity (Wildman–Crippen MR) is 228 cm³/mol. The Balaban J connectivity index is 3.91. The molecule has 2 unspecified atom stereocenters. The molecule has 0 aromatic rings. The van der Waals surface area contributed by atoms with Crippen molar-refractivity contribution >= 4 is 11.9 Å². The average Bonchev–Trinajstić information content (AvgIpc) is 3.13. The van der Waals surface area contributed by atoms with Crippen molar-refractivity contribution in [3.63, 3.8) is 0 Å². The monoisotopic (exact) mass is 735 g/mol. The van der Waals surface area contributed by atoms with Crippen LogP contribution in [-0.4, -0.2) is 22.2 Å². The Labute approximate surface area is 326 Å². The normalized spacial score (nSPS) is 12.7. The van der Waals surface area contributed by atoms with Gasteiger partial charge in [-0.2, -0.15) is 0 Å². The minimum atomic E-state index is -0.666. The van der Waals surface area contributed by atoms with E-state index in [1.807, 2.05) is 0 Å². The van der Waals surface area contributed by atoms with E-state index in [-0.39, 0.29) is 5.92 Å². The number of aliphatic carboxylic acids is 2. The highest BCUT2D eigenvalue weighted by atomic mass is 16.4. The van der Waals surface area contributed by atoms with Crippen LogP contribution in [0.25, 0.3) is 0 Å². The first-order valence-corrected chi connectivity index (χ1v) is 24.0. The summed E-state index contributed by atoms with van der Waals surface area (Å²) in [5.41, 5.74) is 0. The van der Waals surface area contributed by atoms with Crippen LogP contribution >= 0.6 is 0 Å². The second kappa shape index (κ2) is 42.7. The number of carbonyl (C=O) groups is 2. The topological polar surface area (TPSA) is 74.6 Å². The first-order valence-electron chi connectivity index (χ1n) is 24.0. The van der Waals surface area contributed by atoms with Crippen molar-refractivity contribution in [2.24, 2.45) is 11.8 Å². The van der Waals surface area contributed by atoms with Crippen molar-refractivity contribution in [3.8, 4) is 0 Å². The third-order valence-electron chi connectivity index (χ3n) is 11.9. The molecule has 0 spiro atoms. The molecule has 4 heteroatoms. The highest BCUT2D eigenvalue weighted by Crippen LogP contribution is 2.30. The van der Waals surface area contributed by atoms with Crippen LogP contribution in [0.1, 0.15) is 284 Å². The number of carboxylic acid groups (broad SMARTS) is 2. The highest BCUT2D eigenvalue weighted by Gasteiger charge is 2.27. The molecule has 0 saturated heterocycles. The lowest BCUT2D eigenvalue weighted by Crippen LogP contribution is -2.24. The summed E-state index contributed by atoms with van der Waals surface area (Å²) in [6.07, 6.45) is 53.5. The van der Waals surface area contributed by atoms with E-state index in [1.54, 1.807) is 0 Å². The average molecular weight is 735 g/mol. The molecule has 2 atom stereocenters. The number of hydrogen-bond donors (Lipinski definition) is 2. The van der Waals surface area contributed by atoms with Crippen LogP contribution in [0.4, 0.5) is 0 Å². The van der Waals surface area contributed by atoms with E-state index in [0.29, 0.717) is 12.3 Å². The summed E-state index contributed by atoms with van der Waals surface area (Å²) in [7, 11) is 0. The summed E-state index contributed by atoms with van der Waals surface area (Å²) >= 11 is 0. The Bertz CT molecular complexity index is 721. The van der Waals surface area contributed by atoms with Gasteiger partial charge in [-0.05, 0) is 31.6 Å². The van der Waals surface area contributed by atoms with E-state index in [2.05, 4.69) is 13.8 Å². The Morgan fingerprint density at radius 2 is 0.558 bits per heavy atom. The first-order chi connectivity index (χ1) is 25.5. The maximum Gasteiger partial charge on any atom is 0.306 e. The van der Waals surface area contributed by atoms with Gasteiger partial charge in [0.05, 0.1) is 5.92 Å². The second-order valence-electron chi connectivity index (χ2n) is 16.9. The largest absolute Gasteiger partial charge is 0.481 e. The molecule has 0 amide bonds. The van der Waals surface area contributed by atoms with Crippen LogP contribution in [0.3, 0.4) is 0 Å². The van der Waals surface area contributed by atoms with Gasteiger partial charge >= 0.3 is 11.9 Å². The molecule has 0 aliphatic rings. The zero-order chi connectivity index (χ0) is 38.0. The maximum atomic E-state index is 12.4. The summed E-state index contributed by atoms with van der Waals surface area (Å²) < 4.78 is 0. The molecule has 0 bridgehead atoms. The Morgan fingerprint density at radius 1 is 0.327 bits per heavy atom. The van der Waals surface area contributed by atoms with Gasteiger partial charge in [0.1, 0.15) is 0 Å². The van der Waals surface area contributed by atoms with Crippen LogP contribution < -0.4 is 0 Å². The summed E-state index contributed by atoms with van der Waals surface area (Å²) in [6.45, 7) is 4.55. The number of hydrogen-bond acceptors (Lipinski definition) is 2. The van der Waals surface area contributed by atoms with Gasteiger partial charge in [0, 0.05) is 6.42 Å². The maximum absolute atomic E-state index is 12.4. The van der Waals surface area contributed by atoms with E-state index >= 15 is 0 Å². The fraction of sp³-hybridized carbons (Fsp3) is 0.958. The molecule has 0 saturated carbocycles. The molecule has 0 rings (SSSR count). The molecule has 4 nitrogen and oxygen atoms in total. The molecule has 0 aliphatic carbocycles. The minimum Gasteiger partial charge on any atom is -0.481 e.